The van der Waals surface area contributed by atoms with Gasteiger partial charge in [-0.2, -0.15) is 0 Å². The van der Waals surface area contributed by atoms with Crippen LogP contribution in [0.25, 0.3) is 0 Å². The molecule has 2 aliphatic heterocycles. The number of hydrogen-bond donors (Lipinski definition) is 1. The molecule has 2 heterocycles. The van der Waals surface area contributed by atoms with Gasteiger partial charge >= 0.3 is 0 Å². The Balaban J connectivity index is 1.97. The van der Waals surface area contributed by atoms with Gasteiger partial charge in [-0.15, -0.1) is 0 Å². The predicted molar refractivity (Wildman–Crippen MR) is 46.6 cm³/mol. The fourth-order valence-electron chi connectivity index (χ4n) is 2.56. The molecular formula is C9H18N2. The first-order valence-electron chi connectivity index (χ1n) is 4.67. The minimum atomic E-state index is 0.753. The summed E-state index contributed by atoms with van der Waals surface area (Å²) in [4.78, 5) is 2.47. The first-order chi connectivity index (χ1) is 5.25. The molecule has 0 amide bonds. The van der Waals surface area contributed by atoms with Crippen LogP contribution in [0.15, 0.2) is 0 Å². The van der Waals surface area contributed by atoms with Crippen molar-refractivity contribution in [1.29, 1.82) is 0 Å². The SMILES string of the molecule is CC1CC2CN(C)CC2CN1. The third kappa shape index (κ3) is 1.42. The summed E-state index contributed by atoms with van der Waals surface area (Å²) in [5.41, 5.74) is 0. The molecule has 11 heavy (non-hydrogen) atoms. The second kappa shape index (κ2) is 2.76. The van der Waals surface area contributed by atoms with E-state index in [9.17, 15) is 0 Å². The Morgan fingerprint density at radius 2 is 2.00 bits per heavy atom. The van der Waals surface area contributed by atoms with Gasteiger partial charge in [0.2, 0.25) is 0 Å². The minimum Gasteiger partial charge on any atom is -0.314 e. The number of nitrogens with zero attached hydrogens (tertiary/aromatic N) is 1. The average Bonchev–Trinajstić information content (AvgIpc) is 2.27. The number of hydrogen-bond acceptors (Lipinski definition) is 2. The summed E-state index contributed by atoms with van der Waals surface area (Å²) in [6.45, 7) is 6.19. The van der Waals surface area contributed by atoms with E-state index in [-0.39, 0.29) is 0 Å². The Morgan fingerprint density at radius 1 is 1.27 bits per heavy atom. The molecule has 2 nitrogen and oxygen atoms in total. The van der Waals surface area contributed by atoms with E-state index >= 15 is 0 Å². The molecule has 0 aromatic carbocycles. The van der Waals surface area contributed by atoms with Crippen molar-refractivity contribution in [2.75, 3.05) is 26.7 Å². The maximum atomic E-state index is 3.55. The maximum Gasteiger partial charge on any atom is 0.00420 e. The maximum absolute atomic E-state index is 3.55. The number of likely N-dealkylation sites (tertiary alicyclic amines) is 1. The van der Waals surface area contributed by atoms with Crippen LogP contribution in [0.5, 0.6) is 0 Å². The number of fused-ring (bicyclic) bond motifs is 1. The third-order valence-electron chi connectivity index (χ3n) is 3.14. The topological polar surface area (TPSA) is 15.3 Å². The average molecular weight is 154 g/mol. The van der Waals surface area contributed by atoms with Gasteiger partial charge in [0.15, 0.2) is 0 Å². The van der Waals surface area contributed by atoms with E-state index in [0.717, 1.165) is 17.9 Å². The number of piperidine rings is 1. The van der Waals surface area contributed by atoms with Gasteiger partial charge in [-0.05, 0) is 38.8 Å². The zero-order chi connectivity index (χ0) is 7.84. The van der Waals surface area contributed by atoms with E-state index in [1.54, 1.807) is 0 Å². The molecular weight excluding hydrogens is 136 g/mol. The Labute approximate surface area is 69.0 Å². The van der Waals surface area contributed by atoms with Crippen molar-refractivity contribution in [2.45, 2.75) is 19.4 Å². The molecule has 0 aliphatic carbocycles. The molecule has 0 radical (unpaired) electrons. The lowest BCUT2D eigenvalue weighted by Crippen LogP contribution is -2.41. The van der Waals surface area contributed by atoms with Crippen molar-refractivity contribution >= 4 is 0 Å². The van der Waals surface area contributed by atoms with Crippen molar-refractivity contribution in [3.05, 3.63) is 0 Å². The second-order valence-corrected chi connectivity index (χ2v) is 4.29. The van der Waals surface area contributed by atoms with E-state index in [1.807, 2.05) is 0 Å². The highest BCUT2D eigenvalue weighted by Crippen LogP contribution is 2.28. The largest absolute Gasteiger partial charge is 0.314 e. The zero-order valence-electron chi connectivity index (χ0n) is 7.51. The first kappa shape index (κ1) is 7.56. The highest BCUT2D eigenvalue weighted by atomic mass is 15.1. The number of rotatable bonds is 0. The van der Waals surface area contributed by atoms with Crippen LogP contribution in [-0.4, -0.2) is 37.6 Å². The van der Waals surface area contributed by atoms with Crippen LogP contribution >= 0.6 is 0 Å². The van der Waals surface area contributed by atoms with Gasteiger partial charge in [-0.25, -0.2) is 0 Å². The highest BCUT2D eigenvalue weighted by molar-refractivity contribution is 4.89. The van der Waals surface area contributed by atoms with Crippen molar-refractivity contribution in [1.82, 2.24) is 10.2 Å². The zero-order valence-corrected chi connectivity index (χ0v) is 7.51. The summed E-state index contributed by atoms with van der Waals surface area (Å²) in [5.74, 6) is 1.92. The monoisotopic (exact) mass is 154 g/mol. The highest BCUT2D eigenvalue weighted by Gasteiger charge is 2.34. The van der Waals surface area contributed by atoms with Gasteiger partial charge < -0.3 is 10.2 Å². The lowest BCUT2D eigenvalue weighted by Gasteiger charge is -2.29. The molecule has 0 aromatic heterocycles. The van der Waals surface area contributed by atoms with Gasteiger partial charge in [0.1, 0.15) is 0 Å². The van der Waals surface area contributed by atoms with Crippen molar-refractivity contribution < 1.29 is 0 Å². The standard InChI is InChI=1S/C9H18N2/c1-7-3-8-5-11(2)6-9(8)4-10-7/h7-10H,3-6H2,1-2H3. The van der Waals surface area contributed by atoms with E-state index in [4.69, 9.17) is 0 Å². The molecule has 3 unspecified atom stereocenters. The summed E-state index contributed by atoms with van der Waals surface area (Å²) in [6, 6.07) is 0.753. The molecule has 2 fully saturated rings. The van der Waals surface area contributed by atoms with Gasteiger partial charge in [-0.3, -0.25) is 0 Å². The molecule has 0 bridgehead atoms. The summed E-state index contributed by atoms with van der Waals surface area (Å²) in [7, 11) is 2.24. The minimum absolute atomic E-state index is 0.753. The lowest BCUT2D eigenvalue weighted by molar-refractivity contribution is 0.269. The van der Waals surface area contributed by atoms with E-state index in [1.165, 1.54) is 26.1 Å². The Morgan fingerprint density at radius 3 is 2.82 bits per heavy atom. The lowest BCUT2D eigenvalue weighted by atomic mass is 9.86. The summed E-state index contributed by atoms with van der Waals surface area (Å²) >= 11 is 0. The van der Waals surface area contributed by atoms with E-state index in [0.29, 0.717) is 0 Å². The smallest absolute Gasteiger partial charge is 0.00420 e. The quantitative estimate of drug-likeness (QED) is 0.548. The summed E-state index contributed by atoms with van der Waals surface area (Å²) in [5, 5.41) is 3.55. The molecule has 2 rings (SSSR count). The Hall–Kier alpha value is -0.0800. The Bertz CT molecular complexity index is 146. The molecule has 1 N–H and O–H groups in total. The van der Waals surface area contributed by atoms with Gasteiger partial charge in [-0.1, -0.05) is 0 Å². The van der Waals surface area contributed by atoms with E-state index < -0.39 is 0 Å². The molecule has 3 atom stereocenters. The number of nitrogens with one attached hydrogen (secondary N) is 1. The second-order valence-electron chi connectivity index (χ2n) is 4.29. The van der Waals surface area contributed by atoms with Crippen LogP contribution in [-0.2, 0) is 0 Å². The molecule has 0 spiro atoms. The van der Waals surface area contributed by atoms with Gasteiger partial charge in [0, 0.05) is 19.1 Å². The molecule has 2 heteroatoms. The fourth-order valence-corrected chi connectivity index (χ4v) is 2.56. The molecule has 0 saturated carbocycles. The van der Waals surface area contributed by atoms with Crippen LogP contribution < -0.4 is 5.32 Å². The predicted octanol–water partition coefficient (Wildman–Crippen LogP) is 0.546. The van der Waals surface area contributed by atoms with Crippen LogP contribution in [0, 0.1) is 11.8 Å². The van der Waals surface area contributed by atoms with E-state index in [2.05, 4.69) is 24.2 Å². The van der Waals surface area contributed by atoms with Crippen LogP contribution in [0.1, 0.15) is 13.3 Å². The van der Waals surface area contributed by atoms with Crippen molar-refractivity contribution in [3.8, 4) is 0 Å². The molecule has 2 aliphatic rings. The van der Waals surface area contributed by atoms with Gasteiger partial charge in [0.25, 0.3) is 0 Å². The first-order valence-corrected chi connectivity index (χ1v) is 4.67. The third-order valence-corrected chi connectivity index (χ3v) is 3.14. The van der Waals surface area contributed by atoms with Crippen LogP contribution in [0.2, 0.25) is 0 Å². The van der Waals surface area contributed by atoms with Crippen LogP contribution in [0.3, 0.4) is 0 Å². The summed E-state index contributed by atoms with van der Waals surface area (Å²) in [6.07, 6.45) is 1.38. The fraction of sp³-hybridized carbons (Fsp3) is 1.00. The van der Waals surface area contributed by atoms with Gasteiger partial charge in [0.05, 0.1) is 0 Å². The van der Waals surface area contributed by atoms with Crippen molar-refractivity contribution in [2.24, 2.45) is 11.8 Å². The normalized spacial score (nSPS) is 45.8. The Kier molecular flexibility index (Phi) is 1.90. The van der Waals surface area contributed by atoms with Crippen molar-refractivity contribution in [3.63, 3.8) is 0 Å². The molecule has 2 saturated heterocycles. The summed E-state index contributed by atoms with van der Waals surface area (Å²) < 4.78 is 0. The van der Waals surface area contributed by atoms with Crippen LogP contribution in [0.4, 0.5) is 0 Å². The molecule has 64 valence electrons. The molecule has 0 aromatic rings.